The smallest absolute Gasteiger partial charge is 0.261 e. The van der Waals surface area contributed by atoms with E-state index in [0.29, 0.717) is 10.9 Å². The first-order valence-electron chi connectivity index (χ1n) is 8.39. The second kappa shape index (κ2) is 7.60. The average Bonchev–Trinajstić information content (AvgIpc) is 2.61. The maximum atomic E-state index is 12.6. The number of hydrogen-bond donors (Lipinski definition) is 1. The zero-order valence-electron chi connectivity index (χ0n) is 15.0. The van der Waals surface area contributed by atoms with Gasteiger partial charge in [-0.2, -0.15) is 0 Å². The van der Waals surface area contributed by atoms with Gasteiger partial charge in [0.2, 0.25) is 0 Å². The van der Waals surface area contributed by atoms with Crippen LogP contribution < -0.4 is 10.3 Å². The first-order chi connectivity index (χ1) is 12.4. The lowest BCUT2D eigenvalue weighted by Gasteiger charge is -2.17. The van der Waals surface area contributed by atoms with Crippen LogP contribution in [0, 0.1) is 20.8 Å². The number of rotatable bonds is 5. The summed E-state index contributed by atoms with van der Waals surface area (Å²) in [5.74, 6) is 0.789. The summed E-state index contributed by atoms with van der Waals surface area (Å²) in [5.41, 5.74) is 3.67. The summed E-state index contributed by atoms with van der Waals surface area (Å²) < 4.78 is 8.07. The third-order valence-corrected chi connectivity index (χ3v) is 4.98. The quantitative estimate of drug-likeness (QED) is 0.690. The van der Waals surface area contributed by atoms with Gasteiger partial charge in [0.05, 0.1) is 23.8 Å². The largest absolute Gasteiger partial charge is 0.490 e. The van der Waals surface area contributed by atoms with Crippen molar-refractivity contribution in [1.29, 1.82) is 0 Å². The molecule has 1 heterocycles. The molecule has 0 saturated heterocycles. The van der Waals surface area contributed by atoms with Crippen LogP contribution in [0.4, 0.5) is 0 Å². The first-order valence-corrected chi connectivity index (χ1v) is 9.18. The van der Waals surface area contributed by atoms with Crippen molar-refractivity contribution in [3.8, 4) is 5.75 Å². The number of aryl methyl sites for hydroxylation is 2. The maximum Gasteiger partial charge on any atom is 0.261 e. The van der Waals surface area contributed by atoms with Gasteiger partial charge in [-0.05, 0) is 55.7 Å². The molecule has 3 aromatic rings. The van der Waals surface area contributed by atoms with Gasteiger partial charge in [0, 0.05) is 4.47 Å². The molecule has 136 valence electrons. The minimum atomic E-state index is -0.821. The van der Waals surface area contributed by atoms with Crippen LogP contribution in [0.25, 0.3) is 10.9 Å². The van der Waals surface area contributed by atoms with E-state index in [1.807, 2.05) is 39.0 Å². The topological polar surface area (TPSA) is 64.3 Å². The molecule has 2 aromatic carbocycles. The van der Waals surface area contributed by atoms with Gasteiger partial charge in [0.25, 0.3) is 5.56 Å². The molecule has 5 nitrogen and oxygen atoms in total. The van der Waals surface area contributed by atoms with E-state index >= 15 is 0 Å². The van der Waals surface area contributed by atoms with Gasteiger partial charge >= 0.3 is 0 Å². The van der Waals surface area contributed by atoms with E-state index < -0.39 is 6.10 Å². The van der Waals surface area contributed by atoms with Gasteiger partial charge in [-0.25, -0.2) is 4.98 Å². The van der Waals surface area contributed by atoms with Gasteiger partial charge in [-0.1, -0.05) is 28.1 Å². The summed E-state index contributed by atoms with van der Waals surface area (Å²) in [6.45, 7) is 6.23. The van der Waals surface area contributed by atoms with Crippen LogP contribution in [0.15, 0.2) is 45.9 Å². The molecule has 0 radical (unpaired) electrons. The van der Waals surface area contributed by atoms with Crippen LogP contribution in [-0.4, -0.2) is 27.4 Å². The van der Waals surface area contributed by atoms with Gasteiger partial charge in [0.15, 0.2) is 0 Å². The Hall–Kier alpha value is -2.18. The van der Waals surface area contributed by atoms with Crippen molar-refractivity contribution in [1.82, 2.24) is 9.55 Å². The predicted molar refractivity (Wildman–Crippen MR) is 106 cm³/mol. The fourth-order valence-corrected chi connectivity index (χ4v) is 3.23. The number of aliphatic hydroxyl groups is 1. The van der Waals surface area contributed by atoms with Crippen molar-refractivity contribution >= 4 is 26.8 Å². The van der Waals surface area contributed by atoms with E-state index in [1.165, 1.54) is 10.9 Å². The number of ether oxygens (including phenoxy) is 1. The molecule has 0 amide bonds. The number of hydrogen-bond acceptors (Lipinski definition) is 4. The Labute approximate surface area is 160 Å². The Morgan fingerprint density at radius 2 is 1.92 bits per heavy atom. The Bertz CT molecular complexity index is 1010. The normalized spacial score (nSPS) is 12.3. The first kappa shape index (κ1) is 18.6. The van der Waals surface area contributed by atoms with Crippen molar-refractivity contribution in [3.05, 3.63) is 68.2 Å². The molecule has 0 saturated carbocycles. The molecule has 3 rings (SSSR count). The Kier molecular flexibility index (Phi) is 5.44. The van der Waals surface area contributed by atoms with E-state index in [0.717, 1.165) is 26.9 Å². The molecule has 1 unspecified atom stereocenters. The Morgan fingerprint density at radius 1 is 1.19 bits per heavy atom. The lowest BCUT2D eigenvalue weighted by atomic mass is 10.1. The molecule has 0 fully saturated rings. The molecular formula is C20H21BrN2O3. The minimum absolute atomic E-state index is 0.105. The average molecular weight is 417 g/mol. The zero-order chi connectivity index (χ0) is 18.8. The summed E-state index contributed by atoms with van der Waals surface area (Å²) in [6, 6.07) is 9.41. The summed E-state index contributed by atoms with van der Waals surface area (Å²) in [4.78, 5) is 16.9. The monoisotopic (exact) mass is 416 g/mol. The molecule has 0 bridgehead atoms. The zero-order valence-corrected chi connectivity index (χ0v) is 16.6. The fraction of sp³-hybridized carbons (Fsp3) is 0.300. The molecule has 6 heteroatoms. The fourth-order valence-electron chi connectivity index (χ4n) is 2.87. The summed E-state index contributed by atoms with van der Waals surface area (Å²) in [5, 5.41) is 10.9. The highest BCUT2D eigenvalue weighted by Gasteiger charge is 2.13. The molecule has 0 aliphatic carbocycles. The van der Waals surface area contributed by atoms with E-state index in [4.69, 9.17) is 4.74 Å². The second-order valence-electron chi connectivity index (χ2n) is 6.48. The summed E-state index contributed by atoms with van der Waals surface area (Å²) in [7, 11) is 0. The van der Waals surface area contributed by atoms with Crippen LogP contribution in [0.2, 0.25) is 0 Å². The van der Waals surface area contributed by atoms with Crippen molar-refractivity contribution in [2.24, 2.45) is 0 Å². The summed E-state index contributed by atoms with van der Waals surface area (Å²) >= 11 is 3.37. The molecule has 0 aliphatic rings. The SMILES string of the molecule is Cc1ccc(C)c(OCC(O)Cn2cnc3ccc(Br)cc3c2=O)c1C. The standard InChI is InChI=1S/C20H21BrN2O3/c1-12-4-5-13(2)19(14(12)3)26-10-16(24)9-23-11-22-18-7-6-15(21)8-17(18)20(23)25/h4-8,11,16,24H,9-10H2,1-3H3. The van der Waals surface area contributed by atoms with E-state index in [9.17, 15) is 9.90 Å². The van der Waals surface area contributed by atoms with Gasteiger partial charge in [-0.3, -0.25) is 9.36 Å². The van der Waals surface area contributed by atoms with E-state index in [1.54, 1.807) is 12.1 Å². The third-order valence-electron chi connectivity index (χ3n) is 4.49. The number of nitrogens with zero attached hydrogens (tertiary/aromatic N) is 2. The van der Waals surface area contributed by atoms with Gasteiger partial charge in [-0.15, -0.1) is 0 Å². The molecule has 1 aromatic heterocycles. The lowest BCUT2D eigenvalue weighted by molar-refractivity contribution is 0.0908. The number of aromatic nitrogens is 2. The lowest BCUT2D eigenvalue weighted by Crippen LogP contribution is -2.30. The maximum absolute atomic E-state index is 12.6. The van der Waals surface area contributed by atoms with Crippen molar-refractivity contribution in [2.45, 2.75) is 33.4 Å². The van der Waals surface area contributed by atoms with Crippen molar-refractivity contribution in [3.63, 3.8) is 0 Å². The molecule has 1 atom stereocenters. The number of aliphatic hydroxyl groups excluding tert-OH is 1. The number of halogens is 1. The van der Waals surface area contributed by atoms with Crippen LogP contribution in [0.1, 0.15) is 16.7 Å². The highest BCUT2D eigenvalue weighted by atomic mass is 79.9. The third kappa shape index (κ3) is 3.81. The highest BCUT2D eigenvalue weighted by Crippen LogP contribution is 2.25. The van der Waals surface area contributed by atoms with Crippen LogP contribution in [-0.2, 0) is 6.54 Å². The van der Waals surface area contributed by atoms with E-state index in [2.05, 4.69) is 20.9 Å². The second-order valence-corrected chi connectivity index (χ2v) is 7.40. The van der Waals surface area contributed by atoms with Crippen molar-refractivity contribution in [2.75, 3.05) is 6.61 Å². The van der Waals surface area contributed by atoms with Gasteiger partial charge in [0.1, 0.15) is 18.5 Å². The molecule has 0 spiro atoms. The molecule has 0 aliphatic heterocycles. The molecule has 26 heavy (non-hydrogen) atoms. The minimum Gasteiger partial charge on any atom is -0.490 e. The number of fused-ring (bicyclic) bond motifs is 1. The highest BCUT2D eigenvalue weighted by molar-refractivity contribution is 9.10. The van der Waals surface area contributed by atoms with Crippen molar-refractivity contribution < 1.29 is 9.84 Å². The molecule has 1 N–H and O–H groups in total. The van der Waals surface area contributed by atoms with Crippen LogP contribution >= 0.6 is 15.9 Å². The molecular weight excluding hydrogens is 396 g/mol. The predicted octanol–water partition coefficient (Wildman–Crippen LogP) is 3.52. The number of benzene rings is 2. The van der Waals surface area contributed by atoms with E-state index in [-0.39, 0.29) is 18.7 Å². The Morgan fingerprint density at radius 3 is 2.69 bits per heavy atom. The van der Waals surface area contributed by atoms with Crippen LogP contribution in [0.5, 0.6) is 5.75 Å². The summed E-state index contributed by atoms with van der Waals surface area (Å²) in [6.07, 6.45) is 0.642. The van der Waals surface area contributed by atoms with Crippen LogP contribution in [0.3, 0.4) is 0 Å². The van der Waals surface area contributed by atoms with Gasteiger partial charge < -0.3 is 9.84 Å². The Balaban J connectivity index is 1.76.